The van der Waals surface area contributed by atoms with Crippen molar-refractivity contribution in [3.8, 4) is 0 Å². The number of amides is 7. The van der Waals surface area contributed by atoms with E-state index in [9.17, 15) is 38.4 Å². The molecule has 2 saturated carbocycles. The first-order chi connectivity index (χ1) is 38.7. The van der Waals surface area contributed by atoms with Crippen molar-refractivity contribution in [2.45, 2.75) is 182 Å². The van der Waals surface area contributed by atoms with E-state index in [-0.39, 0.29) is 109 Å². The van der Waals surface area contributed by atoms with Gasteiger partial charge in [-0.1, -0.05) is 88.8 Å². The van der Waals surface area contributed by atoms with Gasteiger partial charge in [-0.15, -0.1) is 23.5 Å². The van der Waals surface area contributed by atoms with Crippen molar-refractivity contribution in [2.24, 2.45) is 23.7 Å². The molecular formula is C62H82N8O8S2. The number of likely N-dealkylation sites (tertiary alicyclic amines) is 2. The molecule has 7 amide bonds. The Morgan fingerprint density at radius 2 is 1.04 bits per heavy atom. The first kappa shape index (κ1) is 58.9. The number of Topliss-reactive ketones (excluding diaryl/α,β-unsaturated/α-hetero) is 1. The van der Waals surface area contributed by atoms with Gasteiger partial charge in [-0.3, -0.25) is 38.4 Å². The molecule has 0 unspecified atom stereocenters. The minimum atomic E-state index is -0.898. The average Bonchev–Trinajstić information content (AvgIpc) is 4.12. The van der Waals surface area contributed by atoms with Crippen LogP contribution in [0, 0.1) is 23.7 Å². The molecule has 0 aromatic heterocycles. The minimum Gasteiger partial charge on any atom is -0.347 e. The van der Waals surface area contributed by atoms with Gasteiger partial charge in [-0.05, 0) is 131 Å². The summed E-state index contributed by atoms with van der Waals surface area (Å²) in [4.78, 5) is 120. The van der Waals surface area contributed by atoms with Crippen molar-refractivity contribution >= 4 is 70.7 Å². The van der Waals surface area contributed by atoms with Crippen LogP contribution in [0.1, 0.15) is 167 Å². The third-order valence-corrected chi connectivity index (χ3v) is 20.3. The first-order valence-electron chi connectivity index (χ1n) is 29.6. The molecular weight excluding hydrogens is 1050 g/mol. The zero-order valence-electron chi connectivity index (χ0n) is 47.0. The summed E-state index contributed by atoms with van der Waals surface area (Å²) >= 11 is 3.50. The maximum absolute atomic E-state index is 15.0. The maximum Gasteiger partial charge on any atom is 0.251 e. The predicted octanol–water partition coefficient (Wildman–Crippen LogP) is 7.67. The topological polar surface area (TPSA) is 215 Å². The molecule has 10 atom stereocenters. The SMILES string of the molecule is CC[C@@H](C)C(=O)N[C@H](C(=O)N1C[C@@H](NC(=O)c2ccc(C(=O)N[C@H]3C[C@@H](C(=O)N[C@@H]4CCSc5ccccc54)N(C(=O)[C@@H](CC(=O)[C@H](C)NC)C4CCCCC4)C3)cc2)C[C@H]1C(=O)N[C@@H]1CCSc2ccccc21)C1CCCCC1. The van der Waals surface area contributed by atoms with Gasteiger partial charge in [-0.2, -0.15) is 0 Å². The van der Waals surface area contributed by atoms with Crippen molar-refractivity contribution in [1.82, 2.24) is 41.7 Å². The van der Waals surface area contributed by atoms with Crippen molar-refractivity contribution in [3.05, 3.63) is 95.1 Å². The Labute approximate surface area is 480 Å². The third-order valence-electron chi connectivity index (χ3n) is 18.0. The number of thioether (sulfide) groups is 2. The lowest BCUT2D eigenvalue weighted by molar-refractivity contribution is -0.145. The van der Waals surface area contributed by atoms with E-state index in [1.165, 1.54) is 0 Å². The molecule has 18 heteroatoms. The van der Waals surface area contributed by atoms with Crippen LogP contribution < -0.4 is 31.9 Å². The van der Waals surface area contributed by atoms with Crippen molar-refractivity contribution in [3.63, 3.8) is 0 Å². The molecule has 0 spiro atoms. The summed E-state index contributed by atoms with van der Waals surface area (Å²) in [6.45, 7) is 5.76. The molecule has 2 aliphatic carbocycles. The number of benzene rings is 3. The summed E-state index contributed by atoms with van der Waals surface area (Å²) in [5, 5.41) is 18.9. The van der Waals surface area contributed by atoms with E-state index in [0.717, 1.165) is 109 Å². The Bertz CT molecular complexity index is 2550. The number of carbonyl (C=O) groups excluding carboxylic acids is 8. The molecule has 3 aromatic carbocycles. The number of carbonyl (C=O) groups is 8. The second-order valence-electron chi connectivity index (χ2n) is 23.3. The summed E-state index contributed by atoms with van der Waals surface area (Å²) in [6, 6.07) is 17.6. The summed E-state index contributed by atoms with van der Waals surface area (Å²) in [5.41, 5.74) is 2.63. The summed E-state index contributed by atoms with van der Waals surface area (Å²) < 4.78 is 0. The number of fused-ring (bicyclic) bond motifs is 2. The quantitative estimate of drug-likeness (QED) is 0.0685. The monoisotopic (exact) mass is 1130 g/mol. The van der Waals surface area contributed by atoms with Gasteiger partial charge < -0.3 is 41.7 Å². The molecule has 80 heavy (non-hydrogen) atoms. The Balaban J connectivity index is 0.896. The summed E-state index contributed by atoms with van der Waals surface area (Å²) in [6.07, 6.45) is 11.7. The molecule has 6 N–H and O–H groups in total. The number of nitrogens with zero attached hydrogens (tertiary/aromatic N) is 2. The van der Waals surface area contributed by atoms with Crippen LogP contribution in [-0.4, -0.2) is 125 Å². The van der Waals surface area contributed by atoms with Gasteiger partial charge in [0, 0.05) is 75.9 Å². The first-order valence-corrected chi connectivity index (χ1v) is 31.6. The van der Waals surface area contributed by atoms with Crippen LogP contribution in [0.4, 0.5) is 0 Å². The second kappa shape index (κ2) is 27.4. The Hall–Kier alpha value is -5.72. The molecule has 4 heterocycles. The lowest BCUT2D eigenvalue weighted by Gasteiger charge is -2.35. The smallest absolute Gasteiger partial charge is 0.251 e. The fraction of sp³-hybridized carbons (Fsp3) is 0.581. The van der Waals surface area contributed by atoms with E-state index in [2.05, 4.69) is 44.0 Å². The summed E-state index contributed by atoms with van der Waals surface area (Å²) in [7, 11) is 1.73. The van der Waals surface area contributed by atoms with Gasteiger partial charge in [0.25, 0.3) is 11.8 Å². The third kappa shape index (κ3) is 13.9. The van der Waals surface area contributed by atoms with Crippen LogP contribution in [0.25, 0.3) is 0 Å². The van der Waals surface area contributed by atoms with Crippen LogP contribution >= 0.6 is 23.5 Å². The predicted molar refractivity (Wildman–Crippen MR) is 311 cm³/mol. The number of hydrogen-bond donors (Lipinski definition) is 6. The van der Waals surface area contributed by atoms with Gasteiger partial charge >= 0.3 is 0 Å². The van der Waals surface area contributed by atoms with Gasteiger partial charge in [0.05, 0.1) is 18.1 Å². The molecule has 4 fully saturated rings. The fourth-order valence-electron chi connectivity index (χ4n) is 13.0. The van der Waals surface area contributed by atoms with Crippen molar-refractivity contribution < 1.29 is 38.4 Å². The summed E-state index contributed by atoms with van der Waals surface area (Å²) in [5.74, 6) is -1.53. The standard InChI is InChI=1S/C62H82N8O8S2/c1-5-37(2)56(72)68-55(40-18-10-7-11-19-40)62(78)70-36-44(33-51(70)60(76)67-49-29-31-80-54-23-15-13-21-46(49)54)65-58(74)42-26-24-41(25-27-42)57(73)64-43-32-50(59(75)66-48-28-30-79-53-22-14-12-20-45(48)53)69(35-43)61(77)47(34-52(71)38(3)63-4)39-16-8-6-9-17-39/h12-15,20-27,37-40,43-44,47-51,55,63H,5-11,16-19,28-36H2,1-4H3,(H,64,73)(H,65,74)(H,66,75)(H,67,76)(H,68,72)/t37-,38+,43+,44+,47+,48-,49-,50+,51+,55+/m1/s1. The molecule has 2 saturated heterocycles. The van der Waals surface area contributed by atoms with Crippen molar-refractivity contribution in [2.75, 3.05) is 31.6 Å². The molecule has 16 nitrogen and oxygen atoms in total. The number of rotatable bonds is 19. The number of nitrogens with one attached hydrogen (secondary N) is 6. The highest BCUT2D eigenvalue weighted by Crippen LogP contribution is 2.40. The van der Waals surface area contributed by atoms with Crippen LogP contribution in [0.2, 0.25) is 0 Å². The Morgan fingerprint density at radius 3 is 1.51 bits per heavy atom. The molecule has 9 rings (SSSR count). The van der Waals surface area contributed by atoms with Crippen molar-refractivity contribution in [1.29, 1.82) is 0 Å². The van der Waals surface area contributed by atoms with Crippen LogP contribution in [0.3, 0.4) is 0 Å². The van der Waals surface area contributed by atoms with E-state index >= 15 is 0 Å². The van der Waals surface area contributed by atoms with Gasteiger partial charge in [0.1, 0.15) is 23.9 Å². The normalized spacial score (nSPS) is 24.7. The highest BCUT2D eigenvalue weighted by atomic mass is 32.2. The average molecular weight is 1130 g/mol. The lowest BCUT2D eigenvalue weighted by Crippen LogP contribution is -2.57. The second-order valence-corrected chi connectivity index (χ2v) is 25.5. The maximum atomic E-state index is 15.0. The molecule has 6 aliphatic rings. The molecule has 0 radical (unpaired) electrons. The van der Waals surface area contributed by atoms with E-state index in [1.807, 2.05) is 50.2 Å². The van der Waals surface area contributed by atoms with E-state index in [4.69, 9.17) is 0 Å². The highest BCUT2D eigenvalue weighted by molar-refractivity contribution is 7.99. The van der Waals surface area contributed by atoms with Gasteiger partial charge in [0.2, 0.25) is 29.5 Å². The molecule has 4 aliphatic heterocycles. The van der Waals surface area contributed by atoms with E-state index in [1.54, 1.807) is 71.6 Å². The zero-order valence-corrected chi connectivity index (χ0v) is 48.6. The number of ketones is 1. The van der Waals surface area contributed by atoms with Gasteiger partial charge in [-0.25, -0.2) is 0 Å². The van der Waals surface area contributed by atoms with Gasteiger partial charge in [0.15, 0.2) is 0 Å². The number of hydrogen-bond acceptors (Lipinski definition) is 11. The van der Waals surface area contributed by atoms with Crippen LogP contribution in [-0.2, 0) is 28.8 Å². The fourth-order valence-corrected chi connectivity index (χ4v) is 15.2. The molecule has 0 bridgehead atoms. The molecule has 3 aromatic rings. The Kier molecular flexibility index (Phi) is 20.2. The minimum absolute atomic E-state index is 0.00657. The largest absolute Gasteiger partial charge is 0.347 e. The number of likely N-dealkylation sites (N-methyl/N-ethyl adjacent to an activating group) is 1. The van der Waals surface area contributed by atoms with Crippen LogP contribution in [0.5, 0.6) is 0 Å². The lowest BCUT2D eigenvalue weighted by atomic mass is 9.76. The highest BCUT2D eigenvalue weighted by Gasteiger charge is 2.47. The zero-order chi connectivity index (χ0) is 56.5. The van der Waals surface area contributed by atoms with E-state index in [0.29, 0.717) is 6.42 Å². The Morgan fingerprint density at radius 1 is 0.575 bits per heavy atom. The molecule has 430 valence electrons. The van der Waals surface area contributed by atoms with Crippen LogP contribution in [0.15, 0.2) is 82.6 Å². The van der Waals surface area contributed by atoms with E-state index < -0.39 is 54.0 Å².